The summed E-state index contributed by atoms with van der Waals surface area (Å²) >= 11 is 3.34. The molecule has 2 aromatic rings. The molecule has 4 nitrogen and oxygen atoms in total. The van der Waals surface area contributed by atoms with Crippen molar-refractivity contribution in [1.29, 1.82) is 0 Å². The van der Waals surface area contributed by atoms with Crippen molar-refractivity contribution in [2.45, 2.75) is 13.5 Å². The van der Waals surface area contributed by atoms with Gasteiger partial charge in [-0.25, -0.2) is 4.39 Å². The van der Waals surface area contributed by atoms with Gasteiger partial charge in [0.2, 0.25) is 0 Å². The minimum Gasteiger partial charge on any atom is -0.486 e. The van der Waals surface area contributed by atoms with Gasteiger partial charge in [0, 0.05) is 10.0 Å². The zero-order chi connectivity index (χ0) is 14.7. The number of halogens is 2. The Morgan fingerprint density at radius 3 is 2.75 bits per heavy atom. The van der Waals surface area contributed by atoms with Gasteiger partial charge in [-0.15, -0.1) is 0 Å². The number of nitro benzene ring substituents is 1. The molecule has 20 heavy (non-hydrogen) atoms. The lowest BCUT2D eigenvalue weighted by Crippen LogP contribution is -2.00. The second-order valence-electron chi connectivity index (χ2n) is 4.24. The van der Waals surface area contributed by atoms with Crippen LogP contribution in [-0.2, 0) is 6.61 Å². The van der Waals surface area contributed by atoms with Crippen LogP contribution in [0.4, 0.5) is 10.1 Å². The van der Waals surface area contributed by atoms with E-state index in [1.807, 2.05) is 24.3 Å². The van der Waals surface area contributed by atoms with E-state index in [2.05, 4.69) is 15.9 Å². The molecule has 0 heterocycles. The fourth-order valence-electron chi connectivity index (χ4n) is 1.74. The van der Waals surface area contributed by atoms with Crippen molar-refractivity contribution in [3.8, 4) is 5.75 Å². The summed E-state index contributed by atoms with van der Waals surface area (Å²) in [5.74, 6) is -0.731. The second kappa shape index (κ2) is 6.00. The molecule has 0 aromatic heterocycles. The Kier molecular flexibility index (Phi) is 4.34. The summed E-state index contributed by atoms with van der Waals surface area (Å²) in [7, 11) is 0. The number of nitro groups is 1. The zero-order valence-electron chi connectivity index (χ0n) is 10.6. The van der Waals surface area contributed by atoms with Gasteiger partial charge in [-0.05, 0) is 30.7 Å². The lowest BCUT2D eigenvalue weighted by Gasteiger charge is -2.09. The summed E-state index contributed by atoms with van der Waals surface area (Å²) in [5.41, 5.74) is 0.979. The average molecular weight is 340 g/mol. The third-order valence-electron chi connectivity index (χ3n) is 2.73. The molecule has 0 bridgehead atoms. The fraction of sp³-hybridized carbons (Fsp3) is 0.143. The van der Waals surface area contributed by atoms with Crippen LogP contribution >= 0.6 is 15.9 Å². The van der Waals surface area contributed by atoms with Crippen LogP contribution in [0, 0.1) is 22.9 Å². The van der Waals surface area contributed by atoms with E-state index in [0.717, 1.165) is 16.1 Å². The molecule has 0 spiro atoms. The molecular formula is C14H11BrFNO3. The summed E-state index contributed by atoms with van der Waals surface area (Å²) in [5, 5.41) is 10.7. The first-order chi connectivity index (χ1) is 9.47. The molecule has 0 radical (unpaired) electrons. The topological polar surface area (TPSA) is 52.4 Å². The maximum Gasteiger partial charge on any atom is 0.275 e. The molecule has 0 aliphatic rings. The maximum absolute atomic E-state index is 13.7. The Morgan fingerprint density at radius 1 is 1.35 bits per heavy atom. The predicted molar refractivity (Wildman–Crippen MR) is 76.3 cm³/mol. The minimum absolute atomic E-state index is 0.00748. The highest BCUT2D eigenvalue weighted by Gasteiger charge is 2.16. The van der Waals surface area contributed by atoms with Gasteiger partial charge in [0.15, 0.2) is 11.6 Å². The number of rotatable bonds is 4. The van der Waals surface area contributed by atoms with Crippen LogP contribution in [0.5, 0.6) is 5.75 Å². The normalized spacial score (nSPS) is 10.3. The highest BCUT2D eigenvalue weighted by molar-refractivity contribution is 9.10. The van der Waals surface area contributed by atoms with E-state index in [9.17, 15) is 14.5 Å². The van der Waals surface area contributed by atoms with E-state index < -0.39 is 10.7 Å². The molecule has 0 aliphatic carbocycles. The van der Waals surface area contributed by atoms with Crippen LogP contribution in [0.25, 0.3) is 0 Å². The van der Waals surface area contributed by atoms with E-state index in [0.29, 0.717) is 5.56 Å². The maximum atomic E-state index is 13.7. The van der Waals surface area contributed by atoms with E-state index in [4.69, 9.17) is 4.74 Å². The van der Waals surface area contributed by atoms with Crippen LogP contribution in [0.2, 0.25) is 0 Å². The van der Waals surface area contributed by atoms with Gasteiger partial charge in [0.05, 0.1) is 11.0 Å². The Hall–Kier alpha value is -1.95. The summed E-state index contributed by atoms with van der Waals surface area (Å²) in [4.78, 5) is 10.1. The molecule has 0 aliphatic heterocycles. The van der Waals surface area contributed by atoms with Gasteiger partial charge in [0.25, 0.3) is 5.69 Å². The van der Waals surface area contributed by atoms with Gasteiger partial charge in [-0.3, -0.25) is 10.1 Å². The number of hydrogen-bond donors (Lipinski definition) is 0. The minimum atomic E-state index is -0.739. The summed E-state index contributed by atoms with van der Waals surface area (Å²) in [6.07, 6.45) is 0. The lowest BCUT2D eigenvalue weighted by atomic mass is 10.2. The van der Waals surface area contributed by atoms with Crippen LogP contribution in [0.15, 0.2) is 40.9 Å². The molecule has 0 N–H and O–H groups in total. The Bertz CT molecular complexity index is 661. The zero-order valence-corrected chi connectivity index (χ0v) is 12.2. The molecule has 2 aromatic carbocycles. The first kappa shape index (κ1) is 14.5. The first-order valence-electron chi connectivity index (χ1n) is 5.79. The molecule has 2 rings (SSSR count). The van der Waals surface area contributed by atoms with E-state index in [1.165, 1.54) is 6.07 Å². The molecule has 0 fully saturated rings. The third kappa shape index (κ3) is 3.33. The van der Waals surface area contributed by atoms with Crippen LogP contribution in [0.1, 0.15) is 11.1 Å². The molecule has 6 heteroatoms. The van der Waals surface area contributed by atoms with E-state index in [-0.39, 0.29) is 18.0 Å². The van der Waals surface area contributed by atoms with Crippen molar-refractivity contribution < 1.29 is 14.1 Å². The van der Waals surface area contributed by atoms with Crippen molar-refractivity contribution >= 4 is 21.6 Å². The Labute approximate surface area is 123 Å². The number of hydrogen-bond acceptors (Lipinski definition) is 3. The molecule has 0 atom stereocenters. The number of ether oxygens (including phenoxy) is 1. The largest absolute Gasteiger partial charge is 0.486 e. The Morgan fingerprint density at radius 2 is 2.10 bits per heavy atom. The molecular weight excluding hydrogens is 329 g/mol. The Balaban J connectivity index is 2.18. The monoisotopic (exact) mass is 339 g/mol. The molecule has 0 saturated carbocycles. The van der Waals surface area contributed by atoms with Crippen molar-refractivity contribution in [3.63, 3.8) is 0 Å². The van der Waals surface area contributed by atoms with E-state index >= 15 is 0 Å². The summed E-state index contributed by atoms with van der Waals surface area (Å²) in [6, 6.07) is 9.65. The number of benzene rings is 2. The quantitative estimate of drug-likeness (QED) is 0.613. The third-order valence-corrected chi connectivity index (χ3v) is 3.22. The molecule has 104 valence electrons. The van der Waals surface area contributed by atoms with Crippen LogP contribution in [0.3, 0.4) is 0 Å². The van der Waals surface area contributed by atoms with Crippen molar-refractivity contribution in [2.75, 3.05) is 0 Å². The van der Waals surface area contributed by atoms with Crippen molar-refractivity contribution in [2.24, 2.45) is 0 Å². The van der Waals surface area contributed by atoms with Gasteiger partial charge in [-0.2, -0.15) is 0 Å². The summed E-state index contributed by atoms with van der Waals surface area (Å²) < 4.78 is 20.0. The van der Waals surface area contributed by atoms with Gasteiger partial charge >= 0.3 is 0 Å². The standard InChI is InChI=1S/C14H11BrFNO3/c1-9-5-14(12(16)7-13(9)17(18)19)20-8-10-3-2-4-11(15)6-10/h2-7H,8H2,1H3. The second-order valence-corrected chi connectivity index (χ2v) is 5.16. The average Bonchev–Trinajstić information content (AvgIpc) is 2.39. The summed E-state index contributed by atoms with van der Waals surface area (Å²) in [6.45, 7) is 1.73. The first-order valence-corrected chi connectivity index (χ1v) is 6.58. The fourth-order valence-corrected chi connectivity index (χ4v) is 2.19. The highest BCUT2D eigenvalue weighted by atomic mass is 79.9. The van der Waals surface area contributed by atoms with Crippen molar-refractivity contribution in [1.82, 2.24) is 0 Å². The smallest absolute Gasteiger partial charge is 0.275 e. The lowest BCUT2D eigenvalue weighted by molar-refractivity contribution is -0.385. The predicted octanol–water partition coefficient (Wildman–Crippen LogP) is 4.38. The number of aryl methyl sites for hydroxylation is 1. The van der Waals surface area contributed by atoms with Gasteiger partial charge < -0.3 is 4.74 Å². The SMILES string of the molecule is Cc1cc(OCc2cccc(Br)c2)c(F)cc1[N+](=O)[O-]. The molecule has 0 amide bonds. The van der Waals surface area contributed by atoms with Crippen molar-refractivity contribution in [3.05, 3.63) is 67.9 Å². The van der Waals surface area contributed by atoms with Crippen LogP contribution in [-0.4, -0.2) is 4.92 Å². The van der Waals surface area contributed by atoms with Crippen LogP contribution < -0.4 is 4.74 Å². The number of nitrogens with zero attached hydrogens (tertiary/aromatic N) is 1. The molecule has 0 unspecified atom stereocenters. The van der Waals surface area contributed by atoms with Gasteiger partial charge in [-0.1, -0.05) is 28.1 Å². The molecule has 0 saturated heterocycles. The van der Waals surface area contributed by atoms with Gasteiger partial charge in [0.1, 0.15) is 6.61 Å². The highest BCUT2D eigenvalue weighted by Crippen LogP contribution is 2.27. The van der Waals surface area contributed by atoms with E-state index in [1.54, 1.807) is 6.92 Å².